The molecule has 0 saturated heterocycles. The van der Waals surface area contributed by atoms with Crippen molar-refractivity contribution in [3.8, 4) is 0 Å². The largest absolute Gasteiger partial charge is 0.478 e. The average Bonchev–Trinajstić information content (AvgIpc) is 3.13. The molecule has 12 nitrogen and oxygen atoms in total. The van der Waals surface area contributed by atoms with Crippen molar-refractivity contribution >= 4 is 35.6 Å². The number of nitrogens with zero attached hydrogens (tertiary/aromatic N) is 3. The molecule has 306 valence electrons. The van der Waals surface area contributed by atoms with Crippen molar-refractivity contribution in [3.63, 3.8) is 0 Å². The van der Waals surface area contributed by atoms with Crippen LogP contribution in [0.5, 0.6) is 0 Å². The van der Waals surface area contributed by atoms with Crippen molar-refractivity contribution in [2.24, 2.45) is 17.8 Å². The van der Waals surface area contributed by atoms with Gasteiger partial charge in [-0.2, -0.15) is 0 Å². The Kier molecular flexibility index (Phi) is 15.6. The van der Waals surface area contributed by atoms with Gasteiger partial charge in [-0.1, -0.05) is 59.7 Å². The Balaban J connectivity index is 1.96. The Bertz CT molecular complexity index is 1670. The summed E-state index contributed by atoms with van der Waals surface area (Å²) >= 11 is 0. The van der Waals surface area contributed by atoms with Gasteiger partial charge in [-0.25, -0.2) is 14.4 Å². The second-order valence-corrected chi connectivity index (χ2v) is 16.6. The van der Waals surface area contributed by atoms with E-state index in [1.54, 1.807) is 32.9 Å². The number of carboxylic acid groups (broad SMARTS) is 3. The Morgan fingerprint density at radius 3 is 0.754 bits per heavy atom. The molecule has 0 fully saturated rings. The zero-order valence-corrected chi connectivity index (χ0v) is 34.0. The van der Waals surface area contributed by atoms with E-state index in [2.05, 4.69) is 0 Å². The lowest BCUT2D eigenvalue weighted by Crippen LogP contribution is -2.32. The highest BCUT2D eigenvalue weighted by Crippen LogP contribution is 2.25. The number of fused-ring (bicyclic) bond motifs is 6. The average molecular weight is 784 g/mol. The molecule has 1 aliphatic heterocycles. The highest BCUT2D eigenvalue weighted by molar-refractivity contribution is 5.89. The molecule has 1 aliphatic rings. The zero-order chi connectivity index (χ0) is 42.0. The molecule has 12 heteroatoms. The molecule has 0 aromatic heterocycles. The summed E-state index contributed by atoms with van der Waals surface area (Å²) < 4.78 is 0. The van der Waals surface area contributed by atoms with Gasteiger partial charge in [0.2, 0.25) is 17.7 Å². The van der Waals surface area contributed by atoms with Crippen LogP contribution in [0.2, 0.25) is 0 Å². The Morgan fingerprint density at radius 1 is 0.404 bits per heavy atom. The molecule has 0 unspecified atom stereocenters. The van der Waals surface area contributed by atoms with Crippen molar-refractivity contribution in [3.05, 3.63) is 105 Å². The molecule has 57 heavy (non-hydrogen) atoms. The van der Waals surface area contributed by atoms with E-state index in [4.69, 9.17) is 0 Å². The molecule has 0 spiro atoms. The number of carbonyl (C=O) groups excluding carboxylic acids is 3. The molecule has 0 radical (unpaired) electrons. The fraction of sp³-hybridized carbons (Fsp3) is 0.467. The van der Waals surface area contributed by atoms with E-state index in [1.165, 1.54) is 36.4 Å². The molecule has 3 amide bonds. The standard InChI is InChI=1S/C45H57N3O9/c1-28(2)7-10-40(49)46-22-31-13-33(18-37(16-31)43(52)53)24-47(41(50)11-8-29(3)4)26-35-15-36(21-39(20-35)45(56)57)27-48(42(51)12-9-30(5)6)25-34-14-32(23-46)17-38(19-34)44(54)55/h13-21,28-30H,7-12,22-27H2,1-6H3,(H,52,53)(H,54,55)(H,56,57). The number of aromatic carboxylic acids is 3. The van der Waals surface area contributed by atoms with Crippen LogP contribution >= 0.6 is 0 Å². The van der Waals surface area contributed by atoms with Crippen LogP contribution in [-0.2, 0) is 53.7 Å². The van der Waals surface area contributed by atoms with E-state index in [1.807, 2.05) is 41.5 Å². The topological polar surface area (TPSA) is 173 Å². The van der Waals surface area contributed by atoms with Crippen LogP contribution in [-0.4, -0.2) is 65.6 Å². The first-order valence-corrected chi connectivity index (χ1v) is 19.8. The van der Waals surface area contributed by atoms with E-state index in [-0.39, 0.29) is 111 Å². The van der Waals surface area contributed by atoms with Crippen molar-refractivity contribution in [1.82, 2.24) is 14.7 Å². The van der Waals surface area contributed by atoms with Gasteiger partial charge in [-0.3, -0.25) is 14.4 Å². The van der Waals surface area contributed by atoms with E-state index >= 15 is 0 Å². The predicted molar refractivity (Wildman–Crippen MR) is 215 cm³/mol. The molecular formula is C45H57N3O9. The molecule has 1 heterocycles. The van der Waals surface area contributed by atoms with Crippen LogP contribution in [0.15, 0.2) is 54.6 Å². The molecule has 4 rings (SSSR count). The third kappa shape index (κ3) is 13.6. The molecular weight excluding hydrogens is 727 g/mol. The van der Waals surface area contributed by atoms with Gasteiger partial charge in [-0.15, -0.1) is 0 Å². The number of carbonyl (C=O) groups is 6. The zero-order valence-electron chi connectivity index (χ0n) is 34.0. The van der Waals surface area contributed by atoms with Gasteiger partial charge in [0.05, 0.1) is 16.7 Å². The smallest absolute Gasteiger partial charge is 0.335 e. The van der Waals surface area contributed by atoms with Crippen LogP contribution in [0.3, 0.4) is 0 Å². The van der Waals surface area contributed by atoms with Crippen LogP contribution in [0, 0.1) is 17.8 Å². The van der Waals surface area contributed by atoms with Crippen molar-refractivity contribution in [1.29, 1.82) is 0 Å². The number of hydrogen-bond donors (Lipinski definition) is 3. The Hall–Kier alpha value is -5.52. The quantitative estimate of drug-likeness (QED) is 0.165. The molecule has 0 saturated carbocycles. The third-order valence-corrected chi connectivity index (χ3v) is 10.0. The normalized spacial score (nSPS) is 13.7. The molecule has 0 aliphatic carbocycles. The number of rotatable bonds is 12. The maximum atomic E-state index is 13.9. The number of hydrogen-bond acceptors (Lipinski definition) is 6. The van der Waals surface area contributed by atoms with Gasteiger partial charge in [-0.05, 0) is 107 Å². The molecule has 3 aromatic rings. The minimum absolute atomic E-state index is 0.0167. The van der Waals surface area contributed by atoms with Crippen molar-refractivity contribution < 1.29 is 44.1 Å². The predicted octanol–water partition coefficient (Wildman–Crippen LogP) is 7.99. The number of carboxylic acids is 3. The van der Waals surface area contributed by atoms with Gasteiger partial charge < -0.3 is 30.0 Å². The summed E-state index contributed by atoms with van der Waals surface area (Å²) in [7, 11) is 0. The van der Waals surface area contributed by atoms with Gasteiger partial charge in [0.25, 0.3) is 0 Å². The highest BCUT2D eigenvalue weighted by Gasteiger charge is 2.24. The summed E-state index contributed by atoms with van der Waals surface area (Å²) in [5.41, 5.74) is 3.05. The van der Waals surface area contributed by atoms with Crippen molar-refractivity contribution in [2.75, 3.05) is 0 Å². The summed E-state index contributed by atoms with van der Waals surface area (Å²) in [6, 6.07) is 14.3. The lowest BCUT2D eigenvalue weighted by atomic mass is 10.00. The van der Waals surface area contributed by atoms with Crippen LogP contribution in [0.4, 0.5) is 0 Å². The second-order valence-electron chi connectivity index (χ2n) is 16.6. The maximum absolute atomic E-state index is 13.9. The Morgan fingerprint density at radius 2 is 0.596 bits per heavy atom. The minimum atomic E-state index is -1.18. The summed E-state index contributed by atoms with van der Waals surface area (Å²) in [4.78, 5) is 83.8. The first-order valence-electron chi connectivity index (χ1n) is 19.8. The van der Waals surface area contributed by atoms with Crippen molar-refractivity contribution in [2.45, 2.75) is 119 Å². The number of amides is 3. The van der Waals surface area contributed by atoms with E-state index in [0.29, 0.717) is 52.6 Å². The first kappa shape index (κ1) is 44.2. The van der Waals surface area contributed by atoms with Gasteiger partial charge in [0, 0.05) is 58.5 Å². The maximum Gasteiger partial charge on any atom is 0.335 e. The van der Waals surface area contributed by atoms with E-state index < -0.39 is 17.9 Å². The van der Waals surface area contributed by atoms with E-state index in [9.17, 15) is 44.1 Å². The van der Waals surface area contributed by atoms with Gasteiger partial charge in [0.1, 0.15) is 0 Å². The second kappa shape index (κ2) is 20.1. The fourth-order valence-corrected chi connectivity index (χ4v) is 6.94. The van der Waals surface area contributed by atoms with Crippen LogP contribution in [0.1, 0.15) is 145 Å². The lowest BCUT2D eigenvalue weighted by Gasteiger charge is -2.28. The first-order chi connectivity index (χ1) is 26.9. The monoisotopic (exact) mass is 783 g/mol. The molecule has 3 N–H and O–H groups in total. The van der Waals surface area contributed by atoms with E-state index in [0.717, 1.165) is 0 Å². The Labute approximate surface area is 335 Å². The molecule has 0 atom stereocenters. The summed E-state index contributed by atoms with van der Waals surface area (Å²) in [5.74, 6) is -3.39. The van der Waals surface area contributed by atoms with Gasteiger partial charge in [0.15, 0.2) is 0 Å². The lowest BCUT2D eigenvalue weighted by molar-refractivity contribution is -0.133. The van der Waals surface area contributed by atoms with Crippen LogP contribution in [0.25, 0.3) is 0 Å². The van der Waals surface area contributed by atoms with Crippen LogP contribution < -0.4 is 0 Å². The molecule has 3 aromatic carbocycles. The minimum Gasteiger partial charge on any atom is -0.478 e. The summed E-state index contributed by atoms with van der Waals surface area (Å²) in [5, 5.41) is 30.5. The summed E-state index contributed by atoms with van der Waals surface area (Å²) in [6.07, 6.45) is 2.51. The number of benzene rings is 3. The third-order valence-electron chi connectivity index (χ3n) is 10.0. The summed E-state index contributed by atoms with van der Waals surface area (Å²) in [6.45, 7) is 12.2. The fourth-order valence-electron chi connectivity index (χ4n) is 6.94. The molecule has 6 bridgehead atoms. The highest BCUT2D eigenvalue weighted by atomic mass is 16.4. The SMILES string of the molecule is CC(C)CCC(=O)N1Cc2cc(cc(C(=O)O)c2)CN(C(=O)CCC(C)C)Cc2cc(cc(C(=O)O)c2)CN(C(=O)CCC(C)C)Cc2cc(cc(C(=O)O)c2)C1. The van der Waals surface area contributed by atoms with Gasteiger partial charge >= 0.3 is 17.9 Å².